The van der Waals surface area contributed by atoms with E-state index in [1.807, 2.05) is 6.08 Å². The van der Waals surface area contributed by atoms with Crippen LogP contribution in [0.4, 0.5) is 0 Å². The van der Waals surface area contributed by atoms with E-state index in [-0.39, 0.29) is 0 Å². The van der Waals surface area contributed by atoms with Crippen LogP contribution in [0.2, 0.25) is 0 Å². The first-order valence-corrected chi connectivity index (χ1v) is 4.82. The van der Waals surface area contributed by atoms with Crippen LogP contribution in [0.25, 0.3) is 0 Å². The van der Waals surface area contributed by atoms with E-state index in [9.17, 15) is 0 Å². The molecular formula is C13H18. The van der Waals surface area contributed by atoms with Crippen LogP contribution < -0.4 is 0 Å². The zero-order valence-electron chi connectivity index (χ0n) is 8.80. The van der Waals surface area contributed by atoms with Gasteiger partial charge in [-0.15, -0.1) is 6.58 Å². The third kappa shape index (κ3) is 2.73. The van der Waals surface area contributed by atoms with E-state index < -0.39 is 0 Å². The lowest BCUT2D eigenvalue weighted by atomic mass is 9.96. The Bertz CT molecular complexity index is 297. The normalized spacial score (nSPS) is 12.5. The van der Waals surface area contributed by atoms with Crippen LogP contribution in [0.15, 0.2) is 30.9 Å². The third-order valence-corrected chi connectivity index (χ3v) is 2.45. The molecule has 0 aliphatic heterocycles. The maximum atomic E-state index is 3.81. The van der Waals surface area contributed by atoms with E-state index in [2.05, 4.69) is 45.5 Å². The first kappa shape index (κ1) is 10.0. The van der Waals surface area contributed by atoms with Crippen LogP contribution in [0, 0.1) is 19.8 Å². The van der Waals surface area contributed by atoms with Gasteiger partial charge in [-0.05, 0) is 37.3 Å². The summed E-state index contributed by atoms with van der Waals surface area (Å²) < 4.78 is 0. The molecule has 0 spiro atoms. The van der Waals surface area contributed by atoms with Gasteiger partial charge in [0.25, 0.3) is 0 Å². The molecular weight excluding hydrogens is 156 g/mol. The van der Waals surface area contributed by atoms with Crippen molar-refractivity contribution in [2.24, 2.45) is 5.92 Å². The van der Waals surface area contributed by atoms with Gasteiger partial charge in [0.2, 0.25) is 0 Å². The van der Waals surface area contributed by atoms with Crippen molar-refractivity contribution in [1.29, 1.82) is 0 Å². The van der Waals surface area contributed by atoms with E-state index in [1.165, 1.54) is 16.7 Å². The zero-order valence-corrected chi connectivity index (χ0v) is 8.80. The van der Waals surface area contributed by atoms with Crippen molar-refractivity contribution in [2.75, 3.05) is 0 Å². The van der Waals surface area contributed by atoms with Gasteiger partial charge < -0.3 is 0 Å². The van der Waals surface area contributed by atoms with E-state index in [1.54, 1.807) is 0 Å². The van der Waals surface area contributed by atoms with Crippen LogP contribution in [-0.4, -0.2) is 0 Å². The van der Waals surface area contributed by atoms with Crippen molar-refractivity contribution in [3.05, 3.63) is 47.5 Å². The minimum Gasteiger partial charge on any atom is -0.103 e. The van der Waals surface area contributed by atoms with Crippen LogP contribution in [-0.2, 0) is 6.42 Å². The van der Waals surface area contributed by atoms with E-state index in [0.29, 0.717) is 5.92 Å². The summed E-state index contributed by atoms with van der Waals surface area (Å²) in [6.45, 7) is 10.3. The molecule has 0 fully saturated rings. The van der Waals surface area contributed by atoms with E-state index in [0.717, 1.165) is 6.42 Å². The Hall–Kier alpha value is -1.04. The van der Waals surface area contributed by atoms with Gasteiger partial charge in [0, 0.05) is 0 Å². The number of allylic oxidation sites excluding steroid dienone is 1. The zero-order chi connectivity index (χ0) is 9.84. The standard InChI is InChI=1S/C13H18/c1-5-10(2)8-13-9-11(3)6-7-12(13)4/h5-7,9-10H,1,8H2,2-4H3. The molecule has 1 aromatic carbocycles. The summed E-state index contributed by atoms with van der Waals surface area (Å²) in [6, 6.07) is 6.63. The van der Waals surface area contributed by atoms with Crippen LogP contribution in [0.3, 0.4) is 0 Å². The lowest BCUT2D eigenvalue weighted by molar-refractivity contribution is 0.721. The molecule has 1 unspecified atom stereocenters. The molecule has 13 heavy (non-hydrogen) atoms. The second-order valence-corrected chi connectivity index (χ2v) is 3.85. The molecule has 1 aromatic rings. The largest absolute Gasteiger partial charge is 0.103 e. The van der Waals surface area contributed by atoms with Crippen LogP contribution in [0.1, 0.15) is 23.6 Å². The van der Waals surface area contributed by atoms with Gasteiger partial charge in [-0.2, -0.15) is 0 Å². The van der Waals surface area contributed by atoms with Gasteiger partial charge in [-0.1, -0.05) is 36.8 Å². The molecule has 0 aliphatic rings. The van der Waals surface area contributed by atoms with Crippen molar-refractivity contribution >= 4 is 0 Å². The highest BCUT2D eigenvalue weighted by molar-refractivity contribution is 5.31. The smallest absolute Gasteiger partial charge is 0.0216 e. The first-order chi connectivity index (χ1) is 6.13. The van der Waals surface area contributed by atoms with Crippen molar-refractivity contribution in [2.45, 2.75) is 27.2 Å². The molecule has 70 valence electrons. The number of hydrogen-bond donors (Lipinski definition) is 0. The summed E-state index contributed by atoms with van der Waals surface area (Å²) in [6.07, 6.45) is 3.12. The number of aryl methyl sites for hydroxylation is 2. The highest BCUT2D eigenvalue weighted by Gasteiger charge is 2.02. The molecule has 0 aromatic heterocycles. The van der Waals surface area contributed by atoms with Crippen molar-refractivity contribution in [3.63, 3.8) is 0 Å². The minimum atomic E-state index is 0.570. The fourth-order valence-electron chi connectivity index (χ4n) is 1.45. The van der Waals surface area contributed by atoms with Gasteiger partial charge >= 0.3 is 0 Å². The SMILES string of the molecule is C=CC(C)Cc1cc(C)ccc1C. The Morgan fingerprint density at radius 1 is 1.38 bits per heavy atom. The monoisotopic (exact) mass is 174 g/mol. The molecule has 0 bridgehead atoms. The predicted octanol–water partition coefficient (Wildman–Crippen LogP) is 3.67. The maximum Gasteiger partial charge on any atom is -0.0216 e. The van der Waals surface area contributed by atoms with Crippen LogP contribution >= 0.6 is 0 Å². The van der Waals surface area contributed by atoms with Crippen molar-refractivity contribution in [3.8, 4) is 0 Å². The summed E-state index contributed by atoms with van der Waals surface area (Å²) in [5.74, 6) is 0.570. The summed E-state index contributed by atoms with van der Waals surface area (Å²) in [4.78, 5) is 0. The lowest BCUT2D eigenvalue weighted by Crippen LogP contribution is -1.98. The van der Waals surface area contributed by atoms with E-state index >= 15 is 0 Å². The third-order valence-electron chi connectivity index (χ3n) is 2.45. The van der Waals surface area contributed by atoms with Gasteiger partial charge in [0.15, 0.2) is 0 Å². The van der Waals surface area contributed by atoms with E-state index in [4.69, 9.17) is 0 Å². The molecule has 1 rings (SSSR count). The van der Waals surface area contributed by atoms with Crippen LogP contribution in [0.5, 0.6) is 0 Å². The Labute approximate surface area is 81.3 Å². The Kier molecular flexibility index (Phi) is 3.30. The highest BCUT2D eigenvalue weighted by Crippen LogP contribution is 2.15. The first-order valence-electron chi connectivity index (χ1n) is 4.82. The summed E-state index contributed by atoms with van der Waals surface area (Å²) in [5.41, 5.74) is 4.18. The molecule has 0 radical (unpaired) electrons. The quantitative estimate of drug-likeness (QED) is 0.613. The fourth-order valence-corrected chi connectivity index (χ4v) is 1.45. The maximum absolute atomic E-state index is 3.81. The molecule has 0 saturated heterocycles. The minimum absolute atomic E-state index is 0.570. The number of hydrogen-bond acceptors (Lipinski definition) is 0. The molecule has 0 saturated carbocycles. The van der Waals surface area contributed by atoms with Gasteiger partial charge in [-0.25, -0.2) is 0 Å². The van der Waals surface area contributed by atoms with Gasteiger partial charge in [0.1, 0.15) is 0 Å². The van der Waals surface area contributed by atoms with Crippen molar-refractivity contribution in [1.82, 2.24) is 0 Å². The molecule has 0 N–H and O–H groups in total. The number of rotatable bonds is 3. The van der Waals surface area contributed by atoms with Crippen molar-refractivity contribution < 1.29 is 0 Å². The average molecular weight is 174 g/mol. The summed E-state index contributed by atoms with van der Waals surface area (Å²) in [7, 11) is 0. The highest BCUT2D eigenvalue weighted by atomic mass is 14.1. The molecule has 0 heterocycles. The summed E-state index contributed by atoms with van der Waals surface area (Å²) in [5, 5.41) is 0. The molecule has 0 aliphatic carbocycles. The van der Waals surface area contributed by atoms with Gasteiger partial charge in [0.05, 0.1) is 0 Å². The predicted molar refractivity (Wildman–Crippen MR) is 59.0 cm³/mol. The second-order valence-electron chi connectivity index (χ2n) is 3.85. The Morgan fingerprint density at radius 3 is 2.69 bits per heavy atom. The average Bonchev–Trinajstić information content (AvgIpc) is 2.11. The Morgan fingerprint density at radius 2 is 2.08 bits per heavy atom. The molecule has 0 nitrogen and oxygen atoms in total. The lowest BCUT2D eigenvalue weighted by Gasteiger charge is -2.09. The number of benzene rings is 1. The van der Waals surface area contributed by atoms with Gasteiger partial charge in [-0.3, -0.25) is 0 Å². The summed E-state index contributed by atoms with van der Waals surface area (Å²) >= 11 is 0. The topological polar surface area (TPSA) is 0 Å². The molecule has 1 atom stereocenters. The Balaban J connectivity index is 2.86. The molecule has 0 heteroatoms. The molecule has 0 amide bonds. The fraction of sp³-hybridized carbons (Fsp3) is 0.385. The second kappa shape index (κ2) is 4.27.